The summed E-state index contributed by atoms with van der Waals surface area (Å²) in [5.41, 5.74) is 9.55. The van der Waals surface area contributed by atoms with E-state index in [4.69, 9.17) is 20.0 Å². The third-order valence-corrected chi connectivity index (χ3v) is 8.76. The topological polar surface area (TPSA) is 175 Å². The first-order valence-corrected chi connectivity index (χ1v) is 18.6. The molecular weight excluding hydrogens is 646 g/mol. The number of likely N-dealkylation sites (tertiary alicyclic amines) is 1. The zero-order valence-corrected chi connectivity index (χ0v) is 32.8. The summed E-state index contributed by atoms with van der Waals surface area (Å²) in [6.07, 6.45) is 8.09. The molecule has 4 N–H and O–H groups in total. The van der Waals surface area contributed by atoms with Gasteiger partial charge in [0, 0.05) is 30.7 Å². The van der Waals surface area contributed by atoms with Crippen LogP contribution in [0, 0.1) is 23.7 Å². The van der Waals surface area contributed by atoms with Gasteiger partial charge in [0.05, 0.1) is 0 Å². The van der Waals surface area contributed by atoms with Crippen molar-refractivity contribution in [2.75, 3.05) is 26.9 Å². The highest BCUT2D eigenvalue weighted by Gasteiger charge is 2.33. The number of nitrogens with two attached hydrogens (primary N) is 2. The number of hydrogen-bond donors (Lipinski definition) is 2. The molecule has 1 fully saturated rings. The maximum absolute atomic E-state index is 13.2. The molecule has 0 saturated carbocycles. The van der Waals surface area contributed by atoms with Crippen molar-refractivity contribution < 1.29 is 33.4 Å². The van der Waals surface area contributed by atoms with Gasteiger partial charge in [-0.15, -0.1) is 11.3 Å². The number of nitrogens with zero attached hydrogens (tertiary/aromatic N) is 3. The lowest BCUT2D eigenvalue weighted by atomic mass is 9.95. The second-order valence-corrected chi connectivity index (χ2v) is 14.6. The summed E-state index contributed by atoms with van der Waals surface area (Å²) in [5.74, 6) is -0.0263. The van der Waals surface area contributed by atoms with Crippen LogP contribution in [0.4, 0.5) is 0 Å². The van der Waals surface area contributed by atoms with Crippen molar-refractivity contribution in [2.45, 2.75) is 132 Å². The second kappa shape index (κ2) is 28.7. The molecular formula is C36H67N5O7S. The fraction of sp³-hybridized carbons (Fsp3) is 0.778. The van der Waals surface area contributed by atoms with E-state index in [1.165, 1.54) is 50.6 Å². The number of thiazole rings is 1. The van der Waals surface area contributed by atoms with Crippen LogP contribution in [0.2, 0.25) is 0 Å². The van der Waals surface area contributed by atoms with E-state index in [2.05, 4.69) is 43.4 Å². The maximum atomic E-state index is 13.2. The standard InChI is InChI=1S/C23H37N3O6S.C6H13N.C6H14.CH3NO/c1-7-16(6)9-20(28)26(12-31-21(29)8-14(2)3)18(15(4)5)10-19(32-13-27)23-25-17(11-33-23)22(24)30;1-7-5-3-2-4-6-7;1-4-5-6(2)3;2-1-3/h11,13-16,18-19H,7-10,12H2,1-6H3,(H2,24,30);2-6H2,1H3;6H,4-5H2,1-3H3;1H,(H2,2,3). The number of primary amides is 2. The summed E-state index contributed by atoms with van der Waals surface area (Å²) in [5, 5.41) is 1.91. The predicted molar refractivity (Wildman–Crippen MR) is 196 cm³/mol. The van der Waals surface area contributed by atoms with Crippen LogP contribution in [0.5, 0.6) is 0 Å². The van der Waals surface area contributed by atoms with Gasteiger partial charge in [-0.2, -0.15) is 0 Å². The summed E-state index contributed by atoms with van der Waals surface area (Å²) >= 11 is 1.15. The smallest absolute Gasteiger partial charge is 0.307 e. The largest absolute Gasteiger partial charge is 0.457 e. The van der Waals surface area contributed by atoms with Crippen molar-refractivity contribution >= 4 is 42.0 Å². The zero-order valence-electron chi connectivity index (χ0n) is 31.9. The normalized spacial score (nSPS) is 14.5. The number of carbonyl (C=O) groups is 5. The molecule has 0 spiro atoms. The SMILES string of the molecule is CCC(C)CC(=O)N(COC(=O)CC(C)C)C(CC(OC=O)c1nc(C(N)=O)cs1)C(C)C.CCCC(C)C.CN1CCCCC1.NC=O. The number of ether oxygens (including phenoxy) is 2. The Hall–Kier alpha value is -3.06. The third kappa shape index (κ3) is 23.9. The summed E-state index contributed by atoms with van der Waals surface area (Å²) in [7, 11) is 2.19. The number of piperidine rings is 1. The van der Waals surface area contributed by atoms with Crippen molar-refractivity contribution in [1.29, 1.82) is 0 Å². The van der Waals surface area contributed by atoms with Gasteiger partial charge in [0.2, 0.25) is 12.3 Å². The van der Waals surface area contributed by atoms with E-state index in [0.29, 0.717) is 17.9 Å². The van der Waals surface area contributed by atoms with Gasteiger partial charge < -0.3 is 30.7 Å². The first kappa shape index (κ1) is 48.1. The van der Waals surface area contributed by atoms with Crippen molar-refractivity contribution in [3.05, 3.63) is 16.1 Å². The molecule has 0 bridgehead atoms. The molecule has 0 radical (unpaired) electrons. The van der Waals surface area contributed by atoms with Crippen LogP contribution in [-0.2, 0) is 28.7 Å². The number of esters is 1. The highest BCUT2D eigenvalue weighted by molar-refractivity contribution is 7.09. The van der Waals surface area contributed by atoms with E-state index in [1.807, 2.05) is 41.5 Å². The molecule has 12 nitrogen and oxygen atoms in total. The quantitative estimate of drug-likeness (QED) is 0.106. The van der Waals surface area contributed by atoms with Crippen molar-refractivity contribution in [3.63, 3.8) is 0 Å². The van der Waals surface area contributed by atoms with E-state index in [1.54, 1.807) is 4.90 Å². The number of aromatic nitrogens is 1. The Kier molecular flexibility index (Phi) is 28.2. The lowest BCUT2D eigenvalue weighted by Gasteiger charge is -2.36. The van der Waals surface area contributed by atoms with Crippen LogP contribution in [0.15, 0.2) is 5.38 Å². The van der Waals surface area contributed by atoms with E-state index in [-0.39, 0.29) is 61.3 Å². The molecule has 3 atom stereocenters. The Morgan fingerprint density at radius 1 is 1.00 bits per heavy atom. The predicted octanol–water partition coefficient (Wildman–Crippen LogP) is 6.33. The average Bonchev–Trinajstić information content (AvgIpc) is 3.52. The van der Waals surface area contributed by atoms with Crippen LogP contribution >= 0.6 is 11.3 Å². The number of rotatable bonds is 17. The molecule has 3 unspecified atom stereocenters. The Morgan fingerprint density at radius 3 is 1.96 bits per heavy atom. The summed E-state index contributed by atoms with van der Waals surface area (Å²) < 4.78 is 10.7. The summed E-state index contributed by atoms with van der Waals surface area (Å²) in [6.45, 7) is 21.2. The van der Waals surface area contributed by atoms with E-state index < -0.39 is 18.1 Å². The minimum absolute atomic E-state index is 0.0389. The first-order valence-electron chi connectivity index (χ1n) is 17.7. The minimum Gasteiger partial charge on any atom is -0.457 e. The van der Waals surface area contributed by atoms with Gasteiger partial charge in [-0.05, 0) is 56.7 Å². The third-order valence-electron chi connectivity index (χ3n) is 7.82. The molecule has 1 saturated heterocycles. The van der Waals surface area contributed by atoms with Crippen molar-refractivity contribution in [1.82, 2.24) is 14.8 Å². The monoisotopic (exact) mass is 713 g/mol. The summed E-state index contributed by atoms with van der Waals surface area (Å²) in [6, 6.07) is -0.403. The number of amides is 3. The van der Waals surface area contributed by atoms with E-state index in [9.17, 15) is 19.2 Å². The van der Waals surface area contributed by atoms with Crippen LogP contribution in [-0.4, -0.2) is 78.4 Å². The Bertz CT molecular complexity index is 1040. The van der Waals surface area contributed by atoms with Crippen molar-refractivity contribution in [2.24, 2.45) is 35.1 Å². The molecule has 0 aromatic carbocycles. The van der Waals surface area contributed by atoms with Gasteiger partial charge in [-0.3, -0.25) is 24.0 Å². The average molecular weight is 714 g/mol. The zero-order chi connectivity index (χ0) is 37.9. The molecule has 284 valence electrons. The molecule has 2 rings (SSSR count). The van der Waals surface area contributed by atoms with Gasteiger partial charge in [-0.25, -0.2) is 4.98 Å². The van der Waals surface area contributed by atoms with Crippen LogP contribution in [0.25, 0.3) is 0 Å². The van der Waals surface area contributed by atoms with Gasteiger partial charge in [0.1, 0.15) is 10.7 Å². The van der Waals surface area contributed by atoms with Crippen LogP contribution in [0.3, 0.4) is 0 Å². The van der Waals surface area contributed by atoms with Crippen LogP contribution in [0.1, 0.15) is 142 Å². The van der Waals surface area contributed by atoms with Gasteiger partial charge in [0.15, 0.2) is 12.8 Å². The lowest BCUT2D eigenvalue weighted by Crippen LogP contribution is -2.46. The second-order valence-electron chi connectivity index (χ2n) is 13.7. The Balaban J connectivity index is 0. The van der Waals surface area contributed by atoms with Crippen molar-refractivity contribution in [3.8, 4) is 0 Å². The molecule has 0 aliphatic carbocycles. The van der Waals surface area contributed by atoms with Crippen LogP contribution < -0.4 is 11.5 Å². The van der Waals surface area contributed by atoms with Gasteiger partial charge in [-0.1, -0.05) is 88.0 Å². The number of carbonyl (C=O) groups excluding carboxylic acids is 5. The lowest BCUT2D eigenvalue weighted by molar-refractivity contribution is -0.158. The van der Waals surface area contributed by atoms with Gasteiger partial charge >= 0.3 is 5.97 Å². The Morgan fingerprint density at radius 2 is 1.59 bits per heavy atom. The molecule has 1 aliphatic heterocycles. The highest BCUT2D eigenvalue weighted by Crippen LogP contribution is 2.30. The van der Waals surface area contributed by atoms with E-state index in [0.717, 1.165) is 23.7 Å². The summed E-state index contributed by atoms with van der Waals surface area (Å²) in [4.78, 5) is 64.7. The fourth-order valence-corrected chi connectivity index (χ4v) is 5.74. The molecule has 3 amide bonds. The number of hydrogen-bond acceptors (Lipinski definition) is 10. The fourth-order valence-electron chi connectivity index (χ4n) is 4.88. The molecule has 1 aromatic heterocycles. The highest BCUT2D eigenvalue weighted by atomic mass is 32.1. The molecule has 49 heavy (non-hydrogen) atoms. The molecule has 1 aromatic rings. The molecule has 13 heteroatoms. The molecule has 1 aliphatic rings. The molecule has 2 heterocycles. The first-order chi connectivity index (χ1) is 23.1. The minimum atomic E-state index is -0.779. The van der Waals surface area contributed by atoms with E-state index >= 15 is 0 Å². The maximum Gasteiger partial charge on any atom is 0.307 e. The van der Waals surface area contributed by atoms with Gasteiger partial charge in [0.25, 0.3) is 12.4 Å². The Labute approximate surface area is 300 Å².